The van der Waals surface area contributed by atoms with E-state index in [-0.39, 0.29) is 12.8 Å². The second-order valence-corrected chi connectivity index (χ2v) is 5.42. The number of aliphatic carboxylic acids is 1. The van der Waals surface area contributed by atoms with E-state index in [0.29, 0.717) is 18.3 Å². The Morgan fingerprint density at radius 1 is 1.41 bits per heavy atom. The highest BCUT2D eigenvalue weighted by molar-refractivity contribution is 7.99. The topological polar surface area (TPSA) is 86.7 Å². The predicted molar refractivity (Wildman–Crippen MR) is 63.9 cm³/mol. The van der Waals surface area contributed by atoms with Crippen LogP contribution in [-0.4, -0.2) is 52.0 Å². The van der Waals surface area contributed by atoms with E-state index in [2.05, 4.69) is 5.32 Å². The van der Waals surface area contributed by atoms with E-state index in [1.807, 2.05) is 6.92 Å². The molecule has 0 spiro atoms. The summed E-state index contributed by atoms with van der Waals surface area (Å²) in [5.41, 5.74) is 0. The van der Waals surface area contributed by atoms with E-state index in [4.69, 9.17) is 5.11 Å². The lowest BCUT2D eigenvalue weighted by Gasteiger charge is -2.30. The smallest absolute Gasteiger partial charge is 0.324 e. The van der Waals surface area contributed by atoms with Crippen LogP contribution in [0.2, 0.25) is 0 Å². The number of carboxylic acid groups (broad SMARTS) is 1. The molecule has 3 amide bonds. The molecule has 96 valence electrons. The largest absolute Gasteiger partial charge is 0.481 e. The maximum absolute atomic E-state index is 11.6. The van der Waals surface area contributed by atoms with Crippen LogP contribution >= 0.6 is 11.8 Å². The van der Waals surface area contributed by atoms with E-state index in [1.54, 1.807) is 16.7 Å². The summed E-state index contributed by atoms with van der Waals surface area (Å²) in [6, 6.07) is -0.424. The van der Waals surface area contributed by atoms with Crippen molar-refractivity contribution in [3.8, 4) is 0 Å². The zero-order chi connectivity index (χ0) is 12.8. The van der Waals surface area contributed by atoms with Crippen LogP contribution < -0.4 is 5.32 Å². The summed E-state index contributed by atoms with van der Waals surface area (Å²) in [5.74, 6) is -0.725. The summed E-state index contributed by atoms with van der Waals surface area (Å²) >= 11 is 1.79. The normalized spacial score (nSPS) is 19.8. The number of nitrogens with zero attached hydrogens (tertiary/aromatic N) is 1. The number of carbonyl (C=O) groups is 3. The molecule has 1 unspecified atom stereocenters. The van der Waals surface area contributed by atoms with Gasteiger partial charge in [0.25, 0.3) is 0 Å². The van der Waals surface area contributed by atoms with Crippen LogP contribution in [0, 0.1) is 0 Å². The average Bonchev–Trinajstić information content (AvgIpc) is 2.26. The van der Waals surface area contributed by atoms with Crippen molar-refractivity contribution in [2.45, 2.75) is 25.0 Å². The maximum Gasteiger partial charge on any atom is 0.324 e. The van der Waals surface area contributed by atoms with Crippen LogP contribution in [0.5, 0.6) is 0 Å². The third-order valence-corrected chi connectivity index (χ3v) is 3.48. The van der Waals surface area contributed by atoms with Crippen molar-refractivity contribution in [3.63, 3.8) is 0 Å². The van der Waals surface area contributed by atoms with E-state index in [1.165, 1.54) is 0 Å². The fourth-order valence-corrected chi connectivity index (χ4v) is 2.50. The first-order valence-electron chi connectivity index (χ1n) is 5.41. The van der Waals surface area contributed by atoms with Crippen molar-refractivity contribution in [1.29, 1.82) is 0 Å². The fraction of sp³-hybridized carbons (Fsp3) is 0.700. The first-order chi connectivity index (χ1) is 7.99. The van der Waals surface area contributed by atoms with Gasteiger partial charge in [0, 0.05) is 30.5 Å². The first kappa shape index (κ1) is 13.8. The van der Waals surface area contributed by atoms with Gasteiger partial charge < -0.3 is 10.0 Å². The summed E-state index contributed by atoms with van der Waals surface area (Å²) in [6.07, 6.45) is -0.426. The van der Waals surface area contributed by atoms with Gasteiger partial charge >= 0.3 is 12.0 Å². The van der Waals surface area contributed by atoms with Crippen LogP contribution in [0.25, 0.3) is 0 Å². The molecule has 0 radical (unpaired) electrons. The minimum absolute atomic E-state index is 0.167. The molecule has 0 aromatic heterocycles. The predicted octanol–water partition coefficient (Wildman–Crippen LogP) is 0.525. The number of carboxylic acids is 1. The molecular weight excluding hydrogens is 244 g/mol. The molecule has 1 heterocycles. The summed E-state index contributed by atoms with van der Waals surface area (Å²) in [7, 11) is 0. The van der Waals surface area contributed by atoms with Crippen LogP contribution in [0.1, 0.15) is 19.8 Å². The Labute approximate surface area is 104 Å². The van der Waals surface area contributed by atoms with Gasteiger partial charge in [0.05, 0.1) is 6.42 Å². The molecule has 1 rings (SSSR count). The average molecular weight is 260 g/mol. The monoisotopic (exact) mass is 260 g/mol. The van der Waals surface area contributed by atoms with Crippen molar-refractivity contribution in [2.24, 2.45) is 0 Å². The molecule has 2 N–H and O–H groups in total. The van der Waals surface area contributed by atoms with Crippen molar-refractivity contribution in [1.82, 2.24) is 10.2 Å². The number of urea groups is 1. The van der Waals surface area contributed by atoms with Crippen LogP contribution in [0.4, 0.5) is 4.79 Å². The lowest BCUT2D eigenvalue weighted by atomic mass is 10.3. The molecular formula is C10H16N2O4S. The molecule has 0 aromatic rings. The minimum atomic E-state index is -1.05. The Morgan fingerprint density at radius 2 is 2.12 bits per heavy atom. The number of amides is 3. The van der Waals surface area contributed by atoms with Crippen molar-refractivity contribution >= 4 is 29.7 Å². The highest BCUT2D eigenvalue weighted by Crippen LogP contribution is 2.17. The number of nitrogens with one attached hydrogen (secondary N) is 1. The Kier molecular flexibility index (Phi) is 5.27. The number of carbonyl (C=O) groups excluding carboxylic acids is 2. The van der Waals surface area contributed by atoms with Crippen LogP contribution in [0.15, 0.2) is 0 Å². The Morgan fingerprint density at radius 3 is 2.71 bits per heavy atom. The molecule has 17 heavy (non-hydrogen) atoms. The Balaban J connectivity index is 2.32. The molecule has 0 saturated carbocycles. The third-order valence-electron chi connectivity index (χ3n) is 2.34. The van der Waals surface area contributed by atoms with E-state index in [0.717, 1.165) is 5.75 Å². The van der Waals surface area contributed by atoms with Crippen LogP contribution in [0.3, 0.4) is 0 Å². The number of rotatable bonds is 3. The first-order valence-corrected chi connectivity index (χ1v) is 6.46. The van der Waals surface area contributed by atoms with Gasteiger partial charge in [-0.1, -0.05) is 6.92 Å². The Hall–Kier alpha value is -1.24. The summed E-state index contributed by atoms with van der Waals surface area (Å²) in [6.45, 7) is 3.26. The minimum Gasteiger partial charge on any atom is -0.481 e. The second-order valence-electron chi connectivity index (χ2n) is 3.87. The van der Waals surface area contributed by atoms with Gasteiger partial charge in [-0.3, -0.25) is 14.9 Å². The van der Waals surface area contributed by atoms with Crippen molar-refractivity contribution in [2.75, 3.05) is 18.8 Å². The van der Waals surface area contributed by atoms with Gasteiger partial charge in [-0.2, -0.15) is 11.8 Å². The highest BCUT2D eigenvalue weighted by atomic mass is 32.2. The van der Waals surface area contributed by atoms with E-state index < -0.39 is 17.9 Å². The molecule has 7 heteroatoms. The number of hydrogen-bond acceptors (Lipinski definition) is 4. The van der Waals surface area contributed by atoms with Gasteiger partial charge in [-0.05, 0) is 0 Å². The summed E-state index contributed by atoms with van der Waals surface area (Å²) in [4.78, 5) is 34.7. The van der Waals surface area contributed by atoms with E-state index in [9.17, 15) is 14.4 Å². The zero-order valence-corrected chi connectivity index (χ0v) is 10.5. The van der Waals surface area contributed by atoms with Gasteiger partial charge in [-0.25, -0.2) is 4.79 Å². The zero-order valence-electron chi connectivity index (χ0n) is 9.64. The highest BCUT2D eigenvalue weighted by Gasteiger charge is 2.22. The molecule has 1 fully saturated rings. The summed E-state index contributed by atoms with van der Waals surface area (Å²) < 4.78 is 0. The number of imide groups is 1. The number of thioether (sulfide) groups is 1. The lowest BCUT2D eigenvalue weighted by Crippen LogP contribution is -2.48. The second kappa shape index (κ2) is 6.48. The quantitative estimate of drug-likeness (QED) is 0.772. The SMILES string of the molecule is CC1CN(C(=O)NC(=O)CCC(=O)O)CCS1. The molecule has 0 aromatic carbocycles. The molecule has 6 nitrogen and oxygen atoms in total. The summed E-state index contributed by atoms with van der Waals surface area (Å²) in [5, 5.41) is 11.0. The molecule has 1 aliphatic heterocycles. The molecule has 0 bridgehead atoms. The fourth-order valence-electron chi connectivity index (χ4n) is 1.48. The molecule has 1 aliphatic rings. The number of hydrogen-bond donors (Lipinski definition) is 2. The molecule has 1 saturated heterocycles. The molecule has 0 aliphatic carbocycles. The third kappa shape index (κ3) is 5.08. The molecule has 1 atom stereocenters. The van der Waals surface area contributed by atoms with Gasteiger partial charge in [0.1, 0.15) is 0 Å². The van der Waals surface area contributed by atoms with Crippen molar-refractivity contribution < 1.29 is 19.5 Å². The van der Waals surface area contributed by atoms with Gasteiger partial charge in [0.2, 0.25) is 5.91 Å². The standard InChI is InChI=1S/C10H16N2O4S/c1-7-6-12(4-5-17-7)10(16)11-8(13)2-3-9(14)15/h7H,2-6H2,1H3,(H,14,15)(H,11,13,16). The van der Waals surface area contributed by atoms with Crippen LogP contribution in [-0.2, 0) is 9.59 Å². The van der Waals surface area contributed by atoms with Crippen molar-refractivity contribution in [3.05, 3.63) is 0 Å². The van der Waals surface area contributed by atoms with E-state index >= 15 is 0 Å². The van der Waals surface area contributed by atoms with Gasteiger partial charge in [-0.15, -0.1) is 0 Å². The maximum atomic E-state index is 11.6. The lowest BCUT2D eigenvalue weighted by molar-refractivity contribution is -0.138. The van der Waals surface area contributed by atoms with Gasteiger partial charge in [0.15, 0.2) is 0 Å². The Bertz CT molecular complexity index is 321.